The number of halogens is 1. The first kappa shape index (κ1) is 36.7. The summed E-state index contributed by atoms with van der Waals surface area (Å²) < 4.78 is 18.4. The lowest BCUT2D eigenvalue weighted by Crippen LogP contribution is -2.46. The maximum Gasteiger partial charge on any atom is 0.408 e. The quantitative estimate of drug-likeness (QED) is 0.169. The number of carbonyl (C=O) groups is 3. The van der Waals surface area contributed by atoms with Gasteiger partial charge in [0.05, 0.1) is 36.5 Å². The van der Waals surface area contributed by atoms with Crippen LogP contribution in [0.3, 0.4) is 0 Å². The van der Waals surface area contributed by atoms with Crippen LogP contribution in [-0.2, 0) is 42.6 Å². The minimum atomic E-state index is -1.06. The molecule has 4 aromatic rings. The lowest BCUT2D eigenvalue weighted by Gasteiger charge is -2.42. The predicted octanol–water partition coefficient (Wildman–Crippen LogP) is 5.92. The fraction of sp³-hybridized carbons (Fsp3) is 0.341. The molecule has 3 heterocycles. The number of aliphatic hydroxyl groups excluding tert-OH is 1. The highest BCUT2D eigenvalue weighted by atomic mass is 35.5. The summed E-state index contributed by atoms with van der Waals surface area (Å²) in [6, 6.07) is 30.0. The first-order valence-corrected chi connectivity index (χ1v) is 18.2. The average molecular weight is 740 g/mol. The molecule has 3 amide bonds. The van der Waals surface area contributed by atoms with Crippen LogP contribution in [0, 0.1) is 0 Å². The molecule has 276 valence electrons. The van der Waals surface area contributed by atoms with Crippen molar-refractivity contribution < 1.29 is 38.8 Å². The summed E-state index contributed by atoms with van der Waals surface area (Å²) in [5, 5.41) is 24.2. The van der Waals surface area contributed by atoms with Crippen molar-refractivity contribution in [3.8, 4) is 0 Å². The Balaban J connectivity index is 1.04. The molecule has 4 atom stereocenters. The number of carbonyl (C=O) groups excluding carboxylic acids is 3. The smallest absolute Gasteiger partial charge is 0.408 e. The third-order valence-electron chi connectivity index (χ3n) is 10.2. The Bertz CT molecular complexity index is 1900. The van der Waals surface area contributed by atoms with Gasteiger partial charge in [0.2, 0.25) is 5.91 Å². The average Bonchev–Trinajstić information content (AvgIpc) is 3.46. The highest BCUT2D eigenvalue weighted by Gasteiger charge is 2.42. The predicted molar refractivity (Wildman–Crippen MR) is 197 cm³/mol. The van der Waals surface area contributed by atoms with E-state index in [1.807, 2.05) is 72.8 Å². The molecule has 1 unspecified atom stereocenters. The van der Waals surface area contributed by atoms with Gasteiger partial charge in [-0.1, -0.05) is 90.5 Å². The van der Waals surface area contributed by atoms with E-state index in [1.165, 1.54) is 0 Å². The molecule has 0 spiro atoms. The Morgan fingerprint density at radius 3 is 2.34 bits per heavy atom. The second-order valence-electron chi connectivity index (χ2n) is 13.8. The molecule has 3 aliphatic heterocycles. The highest BCUT2D eigenvalue weighted by molar-refractivity contribution is 6.30. The van der Waals surface area contributed by atoms with Gasteiger partial charge in [0.25, 0.3) is 5.91 Å². The van der Waals surface area contributed by atoms with E-state index < -0.39 is 35.8 Å². The number of amides is 3. The van der Waals surface area contributed by atoms with E-state index in [9.17, 15) is 24.6 Å². The number of hydrogen-bond acceptors (Lipinski definition) is 9. The molecular weight excluding hydrogens is 698 g/mol. The Hall–Kier alpha value is -4.62. The number of nitrogens with one attached hydrogen (secondary N) is 1. The first-order chi connectivity index (χ1) is 25.7. The van der Waals surface area contributed by atoms with Gasteiger partial charge in [0.15, 0.2) is 6.29 Å². The van der Waals surface area contributed by atoms with Gasteiger partial charge in [-0.25, -0.2) is 9.69 Å². The summed E-state index contributed by atoms with van der Waals surface area (Å²) in [4.78, 5) is 42.5. The summed E-state index contributed by atoms with van der Waals surface area (Å²) in [6.07, 6.45) is -0.681. The molecule has 7 rings (SSSR count). The number of hydrogen-bond donors (Lipinski definition) is 3. The van der Waals surface area contributed by atoms with Crippen LogP contribution >= 0.6 is 11.6 Å². The van der Waals surface area contributed by atoms with Crippen molar-refractivity contribution in [2.45, 2.75) is 69.0 Å². The van der Waals surface area contributed by atoms with Crippen LogP contribution in [0.2, 0.25) is 5.02 Å². The molecule has 0 aromatic heterocycles. The fourth-order valence-electron chi connectivity index (χ4n) is 7.21. The third-order valence-corrected chi connectivity index (χ3v) is 10.4. The van der Waals surface area contributed by atoms with Crippen molar-refractivity contribution in [3.05, 3.63) is 136 Å². The Labute approximate surface area is 313 Å². The lowest BCUT2D eigenvalue weighted by molar-refractivity contribution is -0.253. The molecule has 12 heteroatoms. The summed E-state index contributed by atoms with van der Waals surface area (Å²) >= 11 is 6.08. The van der Waals surface area contributed by atoms with E-state index in [0.29, 0.717) is 55.2 Å². The lowest BCUT2D eigenvalue weighted by atomic mass is 9.84. The van der Waals surface area contributed by atoms with Crippen molar-refractivity contribution >= 4 is 35.2 Å². The largest absolute Gasteiger partial charge is 0.445 e. The van der Waals surface area contributed by atoms with Crippen molar-refractivity contribution in [1.29, 1.82) is 0 Å². The number of anilines is 1. The maximum atomic E-state index is 13.5. The topological polar surface area (TPSA) is 138 Å². The van der Waals surface area contributed by atoms with Gasteiger partial charge in [-0.3, -0.25) is 9.59 Å². The number of piperidine rings is 1. The number of aliphatic hydroxyl groups is 2. The molecule has 0 radical (unpaired) electrons. The molecular formula is C41H42ClN3O8. The number of alkyl carbamates (subject to hydrolysis) is 1. The third kappa shape index (κ3) is 8.62. The van der Waals surface area contributed by atoms with Crippen LogP contribution in [-0.4, -0.2) is 64.8 Å². The molecule has 53 heavy (non-hydrogen) atoms. The van der Waals surface area contributed by atoms with Crippen molar-refractivity contribution in [2.24, 2.45) is 0 Å². The van der Waals surface area contributed by atoms with Crippen LogP contribution in [0.25, 0.3) is 0 Å². The van der Waals surface area contributed by atoms with Gasteiger partial charge < -0.3 is 34.6 Å². The highest BCUT2D eigenvalue weighted by Crippen LogP contribution is 2.40. The van der Waals surface area contributed by atoms with Gasteiger partial charge in [-0.05, 0) is 59.4 Å². The van der Waals surface area contributed by atoms with E-state index >= 15 is 0 Å². The van der Waals surface area contributed by atoms with Gasteiger partial charge in [-0.2, -0.15) is 0 Å². The SMILES string of the molecule is O=C(NC1CC(=O)N(c2cccc([C@H]3O[C@@H](CN4CCC(O)(c5ccc(Cl)cc5)CC4)C[C@@H](c4ccc(CO)cc4)O3)c2)C1=O)OCc1ccccc1. The zero-order valence-corrected chi connectivity index (χ0v) is 29.9. The zero-order chi connectivity index (χ0) is 37.0. The summed E-state index contributed by atoms with van der Waals surface area (Å²) in [5.74, 6) is -1.01. The Kier molecular flexibility index (Phi) is 11.2. The molecule has 0 aliphatic carbocycles. The Morgan fingerprint density at radius 1 is 0.887 bits per heavy atom. The van der Waals surface area contributed by atoms with Gasteiger partial charge in [0, 0.05) is 36.6 Å². The molecule has 0 saturated carbocycles. The summed E-state index contributed by atoms with van der Waals surface area (Å²) in [6.45, 7) is 1.92. The summed E-state index contributed by atoms with van der Waals surface area (Å²) in [5.41, 5.74) is 3.42. The van der Waals surface area contributed by atoms with Gasteiger partial charge in [0.1, 0.15) is 12.6 Å². The van der Waals surface area contributed by atoms with Crippen LogP contribution < -0.4 is 10.2 Å². The monoisotopic (exact) mass is 739 g/mol. The Morgan fingerprint density at radius 2 is 1.62 bits per heavy atom. The van der Waals surface area contributed by atoms with E-state index in [-0.39, 0.29) is 31.8 Å². The number of ether oxygens (including phenoxy) is 3. The van der Waals surface area contributed by atoms with E-state index in [2.05, 4.69) is 10.2 Å². The second-order valence-corrected chi connectivity index (χ2v) is 14.3. The van der Waals surface area contributed by atoms with E-state index in [4.69, 9.17) is 25.8 Å². The molecule has 3 aliphatic rings. The first-order valence-electron chi connectivity index (χ1n) is 17.8. The van der Waals surface area contributed by atoms with Crippen LogP contribution in [0.15, 0.2) is 103 Å². The number of benzene rings is 4. The number of nitrogens with zero attached hydrogens (tertiary/aromatic N) is 2. The molecule has 3 fully saturated rings. The van der Waals surface area contributed by atoms with Crippen LogP contribution in [0.5, 0.6) is 0 Å². The molecule has 3 saturated heterocycles. The fourth-order valence-corrected chi connectivity index (χ4v) is 7.33. The van der Waals surface area contributed by atoms with E-state index in [1.54, 1.807) is 30.3 Å². The number of rotatable bonds is 10. The van der Waals surface area contributed by atoms with Gasteiger partial charge in [-0.15, -0.1) is 0 Å². The summed E-state index contributed by atoms with van der Waals surface area (Å²) in [7, 11) is 0. The minimum absolute atomic E-state index is 0.0334. The number of likely N-dealkylation sites (tertiary alicyclic amines) is 1. The standard InChI is InChI=1S/C41H42ClN3O8/c42-32-15-13-31(14-16-32)41(50)17-19-44(20-18-41)24-34-22-36(29-11-9-27(25-46)10-12-29)53-39(52-34)30-7-4-8-33(21-30)45-37(47)23-35(38(45)48)43-40(49)51-26-28-5-2-1-3-6-28/h1-16,21,34-36,39,46,50H,17-20,22-26H2,(H,43,49)/t34-,35?,36+,39+/m1/s1. The van der Waals surface area contributed by atoms with Crippen LogP contribution in [0.4, 0.5) is 10.5 Å². The molecule has 0 bridgehead atoms. The zero-order valence-electron chi connectivity index (χ0n) is 29.1. The molecule has 4 aromatic carbocycles. The minimum Gasteiger partial charge on any atom is -0.445 e. The second kappa shape index (κ2) is 16.2. The van der Waals surface area contributed by atoms with Crippen molar-refractivity contribution in [3.63, 3.8) is 0 Å². The van der Waals surface area contributed by atoms with Crippen LogP contribution in [0.1, 0.15) is 65.9 Å². The molecule has 3 N–H and O–H groups in total. The number of imide groups is 1. The normalized spacial score (nSPS) is 23.2. The maximum absolute atomic E-state index is 13.5. The van der Waals surface area contributed by atoms with Gasteiger partial charge >= 0.3 is 6.09 Å². The van der Waals surface area contributed by atoms with E-state index in [0.717, 1.165) is 27.2 Å². The van der Waals surface area contributed by atoms with Crippen molar-refractivity contribution in [2.75, 3.05) is 24.5 Å². The van der Waals surface area contributed by atoms with Crippen molar-refractivity contribution in [1.82, 2.24) is 10.2 Å². The molecule has 11 nitrogen and oxygen atoms in total.